The van der Waals surface area contributed by atoms with E-state index in [0.29, 0.717) is 22.1 Å². The lowest BCUT2D eigenvalue weighted by Gasteiger charge is -2.28. The molecule has 142 valence electrons. The van der Waals surface area contributed by atoms with Crippen LogP contribution in [-0.4, -0.2) is 36.6 Å². The van der Waals surface area contributed by atoms with Gasteiger partial charge in [0.15, 0.2) is 11.5 Å². The van der Waals surface area contributed by atoms with E-state index < -0.39 is 0 Å². The number of carbonyl (C=O) groups is 2. The smallest absolute Gasteiger partial charge is 0.329 e. The number of methoxy groups -OCH3 is 1. The first-order valence-electron chi connectivity index (χ1n) is 8.85. The van der Waals surface area contributed by atoms with Crippen LogP contribution in [0.15, 0.2) is 17.8 Å². The van der Waals surface area contributed by atoms with Crippen LogP contribution in [-0.2, 0) is 4.79 Å². The van der Waals surface area contributed by atoms with E-state index in [1.165, 1.54) is 12.0 Å². The van der Waals surface area contributed by atoms with Gasteiger partial charge in [0.05, 0.1) is 12.1 Å². The second-order valence-electron chi connectivity index (χ2n) is 6.48. The number of nitrogens with zero attached hydrogens (tertiary/aromatic N) is 1. The summed E-state index contributed by atoms with van der Waals surface area (Å²) in [6.45, 7) is 0.0570. The number of benzene rings is 1. The minimum absolute atomic E-state index is 0.0326. The number of hydrogen-bond donors (Lipinski definition) is 1. The first-order chi connectivity index (χ1) is 13.0. The van der Waals surface area contributed by atoms with Gasteiger partial charge in [-0.05, 0) is 36.6 Å². The van der Waals surface area contributed by atoms with Crippen molar-refractivity contribution >= 4 is 29.6 Å². The van der Waals surface area contributed by atoms with Crippen LogP contribution < -0.4 is 14.8 Å². The third-order valence-electron chi connectivity index (χ3n) is 4.71. The van der Waals surface area contributed by atoms with E-state index in [9.17, 15) is 9.59 Å². The second kappa shape index (κ2) is 8.36. The minimum atomic E-state index is -0.370. The lowest BCUT2D eigenvalue weighted by atomic mass is 9.94. The molecule has 6 nitrogen and oxygen atoms in total. The molecule has 1 N–H and O–H groups in total. The highest BCUT2D eigenvalue weighted by atomic mass is 35.5. The van der Waals surface area contributed by atoms with Crippen LogP contribution in [0.3, 0.4) is 0 Å². The molecule has 0 atom stereocenters. The van der Waals surface area contributed by atoms with Crippen molar-refractivity contribution in [2.24, 2.45) is 0 Å². The average Bonchev–Trinajstić information content (AvgIpc) is 2.94. The van der Waals surface area contributed by atoms with Gasteiger partial charge in [-0.15, -0.1) is 6.42 Å². The highest BCUT2D eigenvalue weighted by Gasteiger charge is 2.38. The van der Waals surface area contributed by atoms with Gasteiger partial charge in [-0.25, -0.2) is 4.79 Å². The van der Waals surface area contributed by atoms with Crippen LogP contribution in [0, 0.1) is 12.3 Å². The molecule has 1 aliphatic carbocycles. The molecule has 0 radical (unpaired) electrons. The molecular weight excluding hydrogens is 368 g/mol. The van der Waals surface area contributed by atoms with Crippen LogP contribution in [0.25, 0.3) is 6.08 Å². The summed E-state index contributed by atoms with van der Waals surface area (Å²) < 4.78 is 10.7. The van der Waals surface area contributed by atoms with Gasteiger partial charge in [0.25, 0.3) is 5.91 Å². The third-order valence-corrected chi connectivity index (χ3v) is 4.99. The molecule has 0 unspecified atom stereocenters. The molecule has 1 heterocycles. The van der Waals surface area contributed by atoms with Crippen LogP contribution in [0.5, 0.6) is 11.5 Å². The number of ether oxygens (including phenoxy) is 2. The molecule has 0 spiro atoms. The van der Waals surface area contributed by atoms with Gasteiger partial charge < -0.3 is 14.8 Å². The lowest BCUT2D eigenvalue weighted by molar-refractivity contribution is -0.124. The largest absolute Gasteiger partial charge is 0.493 e. The fourth-order valence-electron chi connectivity index (χ4n) is 3.46. The molecule has 7 heteroatoms. The van der Waals surface area contributed by atoms with E-state index in [0.717, 1.165) is 32.1 Å². The normalized spacial score (nSPS) is 19.1. The van der Waals surface area contributed by atoms with E-state index in [4.69, 9.17) is 27.5 Å². The van der Waals surface area contributed by atoms with Crippen molar-refractivity contribution in [1.82, 2.24) is 10.2 Å². The molecule has 0 bridgehead atoms. The van der Waals surface area contributed by atoms with Crippen LogP contribution in [0.1, 0.15) is 37.7 Å². The molecule has 1 saturated carbocycles. The van der Waals surface area contributed by atoms with Gasteiger partial charge in [-0.3, -0.25) is 9.69 Å². The molecule has 1 saturated heterocycles. The summed E-state index contributed by atoms with van der Waals surface area (Å²) in [7, 11) is 1.48. The van der Waals surface area contributed by atoms with Crippen LogP contribution >= 0.6 is 11.6 Å². The Morgan fingerprint density at radius 1 is 1.33 bits per heavy atom. The van der Waals surface area contributed by atoms with Crippen molar-refractivity contribution in [1.29, 1.82) is 0 Å². The molecule has 27 heavy (non-hydrogen) atoms. The first-order valence-corrected chi connectivity index (χ1v) is 9.23. The molecule has 1 aromatic carbocycles. The predicted molar refractivity (Wildman–Crippen MR) is 103 cm³/mol. The Morgan fingerprint density at radius 2 is 2.07 bits per heavy atom. The van der Waals surface area contributed by atoms with Crippen molar-refractivity contribution < 1.29 is 19.1 Å². The lowest BCUT2D eigenvalue weighted by Crippen LogP contribution is -2.41. The number of urea groups is 1. The maximum atomic E-state index is 12.7. The zero-order chi connectivity index (χ0) is 19.4. The standard InChI is InChI=1S/C20H21ClN2O4/c1-3-9-27-18-15(21)10-13(12-17(18)26-2)11-16-19(24)23(20(25)22-16)14-7-5-4-6-8-14/h1,10-12,14H,4-9H2,2H3,(H,22,25)/b16-11-. The van der Waals surface area contributed by atoms with Crippen LogP contribution in [0.2, 0.25) is 5.02 Å². The van der Waals surface area contributed by atoms with Gasteiger partial charge in [0, 0.05) is 6.04 Å². The second-order valence-corrected chi connectivity index (χ2v) is 6.89. The Morgan fingerprint density at radius 3 is 2.74 bits per heavy atom. The fourth-order valence-corrected chi connectivity index (χ4v) is 3.74. The van der Waals surface area contributed by atoms with Gasteiger partial charge >= 0.3 is 6.03 Å². The number of carbonyl (C=O) groups excluding carboxylic acids is 2. The fraction of sp³-hybridized carbons (Fsp3) is 0.400. The monoisotopic (exact) mass is 388 g/mol. The third kappa shape index (κ3) is 4.04. The molecule has 3 rings (SSSR count). The summed E-state index contributed by atoms with van der Waals surface area (Å²) in [6.07, 6.45) is 11.7. The van der Waals surface area contributed by atoms with Crippen molar-refractivity contribution in [2.75, 3.05) is 13.7 Å². The Kier molecular flexibility index (Phi) is 5.92. The highest BCUT2D eigenvalue weighted by molar-refractivity contribution is 6.32. The zero-order valence-corrected chi connectivity index (χ0v) is 15.8. The van der Waals surface area contributed by atoms with E-state index >= 15 is 0 Å². The van der Waals surface area contributed by atoms with Gasteiger partial charge in [0.1, 0.15) is 12.3 Å². The molecule has 2 aliphatic rings. The Bertz CT molecular complexity index is 822. The van der Waals surface area contributed by atoms with E-state index in [2.05, 4.69) is 11.2 Å². The minimum Gasteiger partial charge on any atom is -0.493 e. The Labute approximate surface area is 163 Å². The van der Waals surface area contributed by atoms with Crippen molar-refractivity contribution in [3.63, 3.8) is 0 Å². The number of halogens is 1. The molecule has 1 aliphatic heterocycles. The summed E-state index contributed by atoms with van der Waals surface area (Å²) in [5, 5.41) is 2.97. The molecule has 0 aromatic heterocycles. The topological polar surface area (TPSA) is 67.9 Å². The molecule has 3 amide bonds. The van der Waals surface area contributed by atoms with Gasteiger partial charge in [-0.2, -0.15) is 0 Å². The summed E-state index contributed by atoms with van der Waals surface area (Å²) >= 11 is 6.26. The maximum absolute atomic E-state index is 12.7. The average molecular weight is 389 g/mol. The van der Waals surface area contributed by atoms with Crippen molar-refractivity contribution in [3.8, 4) is 23.8 Å². The predicted octanol–water partition coefficient (Wildman–Crippen LogP) is 3.59. The van der Waals surface area contributed by atoms with E-state index in [-0.39, 0.29) is 30.3 Å². The van der Waals surface area contributed by atoms with Crippen LogP contribution in [0.4, 0.5) is 4.79 Å². The molecule has 1 aromatic rings. The highest BCUT2D eigenvalue weighted by Crippen LogP contribution is 2.37. The Balaban J connectivity index is 1.86. The Hall–Kier alpha value is -2.65. The molecular formula is C20H21ClN2O4. The quantitative estimate of drug-likeness (QED) is 0.475. The SMILES string of the molecule is C#CCOc1c(Cl)cc(/C=C2\NC(=O)N(C3CCCCC3)C2=O)cc1OC. The van der Waals surface area contributed by atoms with Crippen molar-refractivity contribution in [2.45, 2.75) is 38.1 Å². The van der Waals surface area contributed by atoms with Gasteiger partial charge in [-0.1, -0.05) is 36.8 Å². The summed E-state index contributed by atoms with van der Waals surface area (Å²) in [5.74, 6) is 2.79. The molecule has 2 fully saturated rings. The number of terminal acetylenes is 1. The zero-order valence-electron chi connectivity index (χ0n) is 15.1. The van der Waals surface area contributed by atoms with E-state index in [1.54, 1.807) is 18.2 Å². The number of nitrogens with one attached hydrogen (secondary N) is 1. The van der Waals surface area contributed by atoms with Crippen molar-refractivity contribution in [3.05, 3.63) is 28.4 Å². The number of rotatable bonds is 5. The first kappa shape index (κ1) is 19.1. The number of amides is 3. The number of imide groups is 1. The van der Waals surface area contributed by atoms with Gasteiger partial charge in [0.2, 0.25) is 0 Å². The number of hydrogen-bond acceptors (Lipinski definition) is 4. The summed E-state index contributed by atoms with van der Waals surface area (Å²) in [6, 6.07) is 2.90. The summed E-state index contributed by atoms with van der Waals surface area (Å²) in [4.78, 5) is 26.4. The summed E-state index contributed by atoms with van der Waals surface area (Å²) in [5.41, 5.74) is 0.833. The maximum Gasteiger partial charge on any atom is 0.329 e. The van der Waals surface area contributed by atoms with E-state index in [1.807, 2.05) is 0 Å².